The number of aromatic hydroxyl groups is 1. The standard InChI is InChI=1S/C50H30O5S8/c51-32-24-30(45(52)54-26-28-9-11-37-39(21-28)43(49-60-17-18-61-49)35-7-3-1-5-33(35)41(37)47-56-13-14-57-47)23-31(25-32)46(53)55-27-29-10-12-38-40(22-29)44(50-62-19-20-63-50)36-8-4-2-6-34(36)42(38)48-58-15-16-59-48/h1-25,51H,26-27H2. The molecule has 0 saturated heterocycles. The normalized spacial score (nSPS) is 15.7. The number of phenols is 1. The van der Waals surface area contributed by atoms with Crippen LogP contribution < -0.4 is 20.9 Å². The van der Waals surface area contributed by atoms with Gasteiger partial charge in [0.2, 0.25) is 0 Å². The summed E-state index contributed by atoms with van der Waals surface area (Å²) in [6.07, 6.45) is 0. The van der Waals surface area contributed by atoms with Gasteiger partial charge in [0, 0.05) is 20.9 Å². The first-order valence-electron chi connectivity index (χ1n) is 19.5. The van der Waals surface area contributed by atoms with Crippen molar-refractivity contribution in [2.75, 3.05) is 0 Å². The summed E-state index contributed by atoms with van der Waals surface area (Å²) in [7, 11) is 0. The van der Waals surface area contributed by atoms with Crippen molar-refractivity contribution < 1.29 is 24.2 Å². The van der Waals surface area contributed by atoms with Crippen LogP contribution in [-0.4, -0.2) is 17.0 Å². The predicted octanol–water partition coefficient (Wildman–Crippen LogP) is 12.8. The number of phenolic OH excluding ortho intramolecular Hbond substituents is 1. The number of carbonyl (C=O) groups is 2. The van der Waals surface area contributed by atoms with Crippen LogP contribution in [0.15, 0.2) is 146 Å². The van der Waals surface area contributed by atoms with Crippen molar-refractivity contribution in [3.05, 3.63) is 190 Å². The van der Waals surface area contributed by atoms with E-state index in [-0.39, 0.29) is 30.1 Å². The van der Waals surface area contributed by atoms with E-state index < -0.39 is 11.9 Å². The van der Waals surface area contributed by atoms with Crippen LogP contribution in [0.25, 0.3) is 60.0 Å². The lowest BCUT2D eigenvalue weighted by molar-refractivity contribution is 0.0469. The lowest BCUT2D eigenvalue weighted by atomic mass is 9.97. The number of fused-ring (bicyclic) bond motifs is 4. The second kappa shape index (κ2) is 17.9. The van der Waals surface area contributed by atoms with Crippen LogP contribution in [0, 0.1) is 0 Å². The number of thioether (sulfide) groups is 8. The summed E-state index contributed by atoms with van der Waals surface area (Å²) in [6.45, 7) is 0.00321. The molecule has 4 aliphatic heterocycles. The first kappa shape index (κ1) is 41.3. The Balaban J connectivity index is 0.871. The van der Waals surface area contributed by atoms with E-state index in [9.17, 15) is 14.7 Å². The molecule has 7 aromatic carbocycles. The Morgan fingerprint density at radius 1 is 0.381 bits per heavy atom. The van der Waals surface area contributed by atoms with E-state index in [1.165, 1.54) is 77.6 Å². The zero-order valence-corrected chi connectivity index (χ0v) is 39.2. The third-order valence-electron chi connectivity index (χ3n) is 10.7. The number of esters is 2. The quantitative estimate of drug-likeness (QED) is 0.127. The van der Waals surface area contributed by atoms with Gasteiger partial charge >= 0.3 is 11.9 Å². The van der Waals surface area contributed by atoms with Crippen LogP contribution in [0.5, 0.6) is 5.75 Å². The fraction of sp³-hybridized carbons (Fsp3) is 0.0400. The molecule has 4 aliphatic rings. The van der Waals surface area contributed by atoms with Gasteiger partial charge in [0.25, 0.3) is 0 Å². The van der Waals surface area contributed by atoms with Crippen LogP contribution in [0.1, 0.15) is 31.8 Å². The summed E-state index contributed by atoms with van der Waals surface area (Å²) in [6, 6.07) is 33.6. The zero-order chi connectivity index (χ0) is 42.4. The van der Waals surface area contributed by atoms with Crippen molar-refractivity contribution in [3.8, 4) is 5.75 Å². The molecule has 63 heavy (non-hydrogen) atoms. The highest BCUT2D eigenvalue weighted by Crippen LogP contribution is 2.43. The molecule has 13 heteroatoms. The van der Waals surface area contributed by atoms with E-state index in [1.54, 1.807) is 94.1 Å². The van der Waals surface area contributed by atoms with Crippen molar-refractivity contribution in [1.29, 1.82) is 0 Å². The molecule has 7 aromatic rings. The SMILES string of the molecule is O=C(OCc1ccc2c(=C3SC=CS3)c3ccccc3c(=C3SC=CS3)c2c1)c1cc(O)cc(C(=O)OCc2ccc3c(=C4SC=CS4)c4ccccc4c(=C4SC=CS4)c3c2)c1. The van der Waals surface area contributed by atoms with E-state index >= 15 is 0 Å². The van der Waals surface area contributed by atoms with E-state index in [0.717, 1.165) is 32.7 Å². The van der Waals surface area contributed by atoms with Gasteiger partial charge in [0.05, 0.1) is 28.1 Å². The average Bonchev–Trinajstić information content (AvgIpc) is 4.18. The minimum atomic E-state index is -0.660. The maximum atomic E-state index is 13.6. The largest absolute Gasteiger partial charge is 0.508 e. The first-order valence-corrected chi connectivity index (χ1v) is 26.6. The average molecular weight is 967 g/mol. The number of hydrogen-bond acceptors (Lipinski definition) is 13. The molecule has 0 spiro atoms. The second-order valence-corrected chi connectivity index (χ2v) is 22.8. The summed E-state index contributed by atoms with van der Waals surface area (Å²) < 4.78 is 16.6. The molecule has 308 valence electrons. The summed E-state index contributed by atoms with van der Waals surface area (Å²) in [4.78, 5) is 27.2. The van der Waals surface area contributed by atoms with Gasteiger partial charge in [-0.25, -0.2) is 9.59 Å². The molecule has 0 saturated carbocycles. The molecule has 0 unspecified atom stereocenters. The van der Waals surface area contributed by atoms with Crippen LogP contribution in [0.4, 0.5) is 0 Å². The molecule has 11 rings (SSSR count). The molecule has 0 bridgehead atoms. The first-order chi connectivity index (χ1) is 31.0. The Morgan fingerprint density at radius 3 is 1.02 bits per heavy atom. The van der Waals surface area contributed by atoms with Crippen molar-refractivity contribution in [1.82, 2.24) is 0 Å². The summed E-state index contributed by atoms with van der Waals surface area (Å²) in [5.74, 6) is -1.56. The monoisotopic (exact) mass is 966 g/mol. The van der Waals surface area contributed by atoms with Crippen molar-refractivity contribution >= 4 is 166 Å². The van der Waals surface area contributed by atoms with E-state index in [0.29, 0.717) is 0 Å². The highest BCUT2D eigenvalue weighted by Gasteiger charge is 2.20. The van der Waals surface area contributed by atoms with Gasteiger partial charge in [-0.3, -0.25) is 0 Å². The second-order valence-electron chi connectivity index (χ2n) is 14.5. The predicted molar refractivity (Wildman–Crippen MR) is 279 cm³/mol. The highest BCUT2D eigenvalue weighted by molar-refractivity contribution is 8.36. The van der Waals surface area contributed by atoms with Gasteiger partial charge in [0.1, 0.15) is 19.0 Å². The van der Waals surface area contributed by atoms with Gasteiger partial charge in [-0.15, -0.1) is 0 Å². The van der Waals surface area contributed by atoms with Crippen molar-refractivity contribution in [3.63, 3.8) is 0 Å². The molecule has 5 nitrogen and oxygen atoms in total. The minimum Gasteiger partial charge on any atom is -0.508 e. The Bertz CT molecular complexity index is 3270. The molecule has 0 aromatic heterocycles. The third kappa shape index (κ3) is 7.94. The van der Waals surface area contributed by atoms with Crippen LogP contribution in [0.2, 0.25) is 0 Å². The smallest absolute Gasteiger partial charge is 0.338 e. The molecule has 0 atom stereocenters. The summed E-state index contributed by atoms with van der Waals surface area (Å²) in [5, 5.41) is 41.6. The molecule has 0 fully saturated rings. The lowest BCUT2D eigenvalue weighted by Crippen LogP contribution is -2.17. The van der Waals surface area contributed by atoms with Crippen molar-refractivity contribution in [2.45, 2.75) is 13.2 Å². The topological polar surface area (TPSA) is 72.8 Å². The number of ether oxygens (including phenoxy) is 2. The van der Waals surface area contributed by atoms with Crippen LogP contribution in [-0.2, 0) is 22.7 Å². The van der Waals surface area contributed by atoms with Crippen LogP contribution in [0.3, 0.4) is 0 Å². The minimum absolute atomic E-state index is 0.00160. The lowest BCUT2D eigenvalue weighted by Gasteiger charge is -2.13. The molecular formula is C50H30O5S8. The van der Waals surface area contributed by atoms with E-state index in [4.69, 9.17) is 9.47 Å². The third-order valence-corrected chi connectivity index (χ3v) is 19.3. The van der Waals surface area contributed by atoms with Gasteiger partial charge in [-0.05, 0) is 128 Å². The fourth-order valence-corrected chi connectivity index (χ4v) is 15.8. The van der Waals surface area contributed by atoms with Crippen LogP contribution >= 0.6 is 94.1 Å². The Labute approximate surface area is 395 Å². The van der Waals surface area contributed by atoms with E-state index in [1.807, 2.05) is 12.1 Å². The fourth-order valence-electron chi connectivity index (χ4n) is 8.12. The Hall–Kier alpha value is -4.44. The highest BCUT2D eigenvalue weighted by atomic mass is 32.2. The molecular weight excluding hydrogens is 937 g/mol. The molecule has 1 N–H and O–H groups in total. The van der Waals surface area contributed by atoms with Gasteiger partial charge < -0.3 is 14.6 Å². The van der Waals surface area contributed by atoms with Gasteiger partial charge in [-0.2, -0.15) is 0 Å². The zero-order valence-electron chi connectivity index (χ0n) is 32.7. The number of benzene rings is 7. The van der Waals surface area contributed by atoms with Gasteiger partial charge in [0.15, 0.2) is 0 Å². The number of rotatable bonds is 6. The Kier molecular flexibility index (Phi) is 11.7. The summed E-state index contributed by atoms with van der Waals surface area (Å²) in [5.41, 5.74) is 1.75. The molecule has 0 radical (unpaired) electrons. The maximum absolute atomic E-state index is 13.6. The van der Waals surface area contributed by atoms with Gasteiger partial charge in [-0.1, -0.05) is 167 Å². The molecule has 0 amide bonds. The van der Waals surface area contributed by atoms with Crippen molar-refractivity contribution in [2.24, 2.45) is 0 Å². The number of hydrogen-bond donors (Lipinski definition) is 1. The van der Waals surface area contributed by atoms with E-state index in [2.05, 4.69) is 116 Å². The molecule has 0 aliphatic carbocycles. The number of carbonyl (C=O) groups excluding carboxylic acids is 2. The maximum Gasteiger partial charge on any atom is 0.338 e. The Morgan fingerprint density at radius 2 is 0.683 bits per heavy atom. The molecule has 4 heterocycles. The summed E-state index contributed by atoms with van der Waals surface area (Å²) >= 11 is 13.8.